The van der Waals surface area contributed by atoms with Gasteiger partial charge in [0.25, 0.3) is 0 Å². The highest BCUT2D eigenvalue weighted by molar-refractivity contribution is 7.89. The van der Waals surface area contributed by atoms with Gasteiger partial charge < -0.3 is 10.1 Å². The van der Waals surface area contributed by atoms with Gasteiger partial charge in [-0.1, -0.05) is 0 Å². The van der Waals surface area contributed by atoms with E-state index in [2.05, 4.69) is 20.2 Å². The molecule has 0 aliphatic heterocycles. The summed E-state index contributed by atoms with van der Waals surface area (Å²) in [5.41, 5.74) is 1.13. The topological polar surface area (TPSA) is 96.1 Å². The molecule has 120 valence electrons. The van der Waals surface area contributed by atoms with E-state index in [4.69, 9.17) is 4.74 Å². The second-order valence-electron chi connectivity index (χ2n) is 5.38. The number of nitrogens with zero attached hydrogens (tertiary/aromatic N) is 1. The van der Waals surface area contributed by atoms with Gasteiger partial charge in [0.15, 0.2) is 0 Å². The summed E-state index contributed by atoms with van der Waals surface area (Å²) in [6.45, 7) is 3.26. The van der Waals surface area contributed by atoms with Gasteiger partial charge in [0, 0.05) is 32.8 Å². The molecule has 1 heterocycles. The fraction of sp³-hybridized carbons (Fsp3) is 0.769. The van der Waals surface area contributed by atoms with Crippen molar-refractivity contribution >= 4 is 10.0 Å². The number of nitrogens with one attached hydrogen (secondary N) is 3. The molecule has 7 nitrogen and oxygen atoms in total. The lowest BCUT2D eigenvalue weighted by Gasteiger charge is -2.08. The fourth-order valence-electron chi connectivity index (χ4n) is 2.12. The minimum Gasteiger partial charge on any atom is -0.385 e. The monoisotopic (exact) mass is 316 g/mol. The maximum atomic E-state index is 12.4. The Bertz CT molecular complexity index is 552. The Balaban J connectivity index is 1.95. The van der Waals surface area contributed by atoms with Gasteiger partial charge in [0.1, 0.15) is 4.90 Å². The Morgan fingerprint density at radius 1 is 1.38 bits per heavy atom. The number of methoxy groups -OCH3 is 1. The lowest BCUT2D eigenvalue weighted by atomic mass is 10.3. The zero-order valence-electron chi connectivity index (χ0n) is 12.6. The Labute approximate surface area is 125 Å². The quantitative estimate of drug-likeness (QED) is 0.552. The van der Waals surface area contributed by atoms with Gasteiger partial charge in [-0.2, -0.15) is 5.10 Å². The molecule has 1 aliphatic rings. The number of aromatic amines is 1. The third kappa shape index (κ3) is 4.77. The molecule has 2 rings (SSSR count). The molecule has 21 heavy (non-hydrogen) atoms. The van der Waals surface area contributed by atoms with E-state index in [0.717, 1.165) is 25.7 Å². The molecule has 8 heteroatoms. The van der Waals surface area contributed by atoms with Crippen molar-refractivity contribution in [2.45, 2.75) is 50.1 Å². The summed E-state index contributed by atoms with van der Waals surface area (Å²) in [5.74, 6) is 0. The Morgan fingerprint density at radius 2 is 2.14 bits per heavy atom. The Morgan fingerprint density at radius 3 is 2.81 bits per heavy atom. The molecule has 1 fully saturated rings. The van der Waals surface area contributed by atoms with E-state index in [1.54, 1.807) is 14.0 Å². The van der Waals surface area contributed by atoms with E-state index >= 15 is 0 Å². The van der Waals surface area contributed by atoms with Crippen LogP contribution in [-0.2, 0) is 21.3 Å². The molecule has 0 atom stereocenters. The van der Waals surface area contributed by atoms with Gasteiger partial charge in [-0.25, -0.2) is 13.1 Å². The number of unbranched alkanes of at least 4 members (excludes halogenated alkanes) is 1. The standard InChI is InChI=1S/C13H24N4O3S/c1-10-13(12(17-16-10)9-14-11-5-6-11)21(18,19)15-7-3-4-8-20-2/h11,14-15H,3-9H2,1-2H3,(H,16,17). The van der Waals surface area contributed by atoms with Crippen molar-refractivity contribution in [1.29, 1.82) is 0 Å². The van der Waals surface area contributed by atoms with Crippen molar-refractivity contribution in [2.75, 3.05) is 20.3 Å². The lowest BCUT2D eigenvalue weighted by Crippen LogP contribution is -2.27. The van der Waals surface area contributed by atoms with Crippen LogP contribution in [0, 0.1) is 6.92 Å². The average molecular weight is 316 g/mol. The summed E-state index contributed by atoms with van der Waals surface area (Å²) in [7, 11) is -1.88. The molecule has 1 aromatic heterocycles. The molecular weight excluding hydrogens is 292 g/mol. The van der Waals surface area contributed by atoms with Crippen LogP contribution >= 0.6 is 0 Å². The van der Waals surface area contributed by atoms with Crippen LogP contribution in [0.15, 0.2) is 4.90 Å². The van der Waals surface area contributed by atoms with Gasteiger partial charge in [0.05, 0.1) is 11.4 Å². The number of hydrogen-bond donors (Lipinski definition) is 3. The Kier molecular flexibility index (Phi) is 5.74. The van der Waals surface area contributed by atoms with Gasteiger partial charge in [-0.15, -0.1) is 0 Å². The molecule has 1 aliphatic carbocycles. The van der Waals surface area contributed by atoms with Crippen LogP contribution in [0.5, 0.6) is 0 Å². The summed E-state index contributed by atoms with van der Waals surface area (Å²) >= 11 is 0. The number of aromatic nitrogens is 2. The molecule has 0 radical (unpaired) electrons. The number of aryl methyl sites for hydroxylation is 1. The van der Waals surface area contributed by atoms with Crippen molar-refractivity contribution in [3.05, 3.63) is 11.4 Å². The van der Waals surface area contributed by atoms with Crippen LogP contribution in [0.2, 0.25) is 0 Å². The second-order valence-corrected chi connectivity index (χ2v) is 7.08. The zero-order chi connectivity index (χ0) is 15.3. The summed E-state index contributed by atoms with van der Waals surface area (Å²) in [6.07, 6.45) is 3.89. The van der Waals surface area contributed by atoms with E-state index in [-0.39, 0.29) is 4.90 Å². The third-order valence-corrected chi connectivity index (χ3v) is 5.10. The van der Waals surface area contributed by atoms with Gasteiger partial charge >= 0.3 is 0 Å². The third-order valence-electron chi connectivity index (χ3n) is 3.43. The molecule has 0 amide bonds. The van der Waals surface area contributed by atoms with E-state index in [9.17, 15) is 8.42 Å². The zero-order valence-corrected chi connectivity index (χ0v) is 13.4. The average Bonchev–Trinajstić information content (AvgIpc) is 3.18. The summed E-state index contributed by atoms with van der Waals surface area (Å²) in [6, 6.07) is 0.513. The van der Waals surface area contributed by atoms with Crippen molar-refractivity contribution in [1.82, 2.24) is 20.2 Å². The highest BCUT2D eigenvalue weighted by atomic mass is 32.2. The van der Waals surface area contributed by atoms with E-state index in [0.29, 0.717) is 37.1 Å². The minimum absolute atomic E-state index is 0.280. The predicted molar refractivity (Wildman–Crippen MR) is 79.5 cm³/mol. The van der Waals surface area contributed by atoms with Crippen LogP contribution in [0.25, 0.3) is 0 Å². The van der Waals surface area contributed by atoms with Crippen LogP contribution in [0.1, 0.15) is 37.1 Å². The molecule has 0 spiro atoms. The smallest absolute Gasteiger partial charge is 0.244 e. The van der Waals surface area contributed by atoms with Crippen LogP contribution in [0.3, 0.4) is 0 Å². The summed E-state index contributed by atoms with van der Waals surface area (Å²) in [5, 5.41) is 10.2. The normalized spacial score (nSPS) is 15.5. The van der Waals surface area contributed by atoms with Gasteiger partial charge in [-0.05, 0) is 32.6 Å². The van der Waals surface area contributed by atoms with E-state index in [1.165, 1.54) is 0 Å². The first kappa shape index (κ1) is 16.4. The second kappa shape index (κ2) is 7.35. The number of sulfonamides is 1. The summed E-state index contributed by atoms with van der Waals surface area (Å²) < 4.78 is 32.4. The summed E-state index contributed by atoms with van der Waals surface area (Å²) in [4.78, 5) is 0.280. The van der Waals surface area contributed by atoms with Crippen molar-refractivity contribution in [3.63, 3.8) is 0 Å². The number of hydrogen-bond acceptors (Lipinski definition) is 5. The molecule has 0 aromatic carbocycles. The SMILES string of the molecule is COCCCCNS(=O)(=O)c1c(CNC2CC2)n[nH]c1C. The number of H-pyrrole nitrogens is 1. The van der Waals surface area contributed by atoms with E-state index < -0.39 is 10.0 Å². The molecule has 0 unspecified atom stereocenters. The first-order valence-electron chi connectivity index (χ1n) is 7.30. The molecule has 1 aromatic rings. The van der Waals surface area contributed by atoms with Crippen LogP contribution < -0.4 is 10.0 Å². The fourth-order valence-corrected chi connectivity index (χ4v) is 3.56. The first-order chi connectivity index (χ1) is 10.0. The molecule has 3 N–H and O–H groups in total. The number of ether oxygens (including phenoxy) is 1. The van der Waals surface area contributed by atoms with Crippen molar-refractivity contribution < 1.29 is 13.2 Å². The first-order valence-corrected chi connectivity index (χ1v) is 8.78. The van der Waals surface area contributed by atoms with Crippen molar-refractivity contribution in [2.24, 2.45) is 0 Å². The largest absolute Gasteiger partial charge is 0.385 e. The number of rotatable bonds is 10. The van der Waals surface area contributed by atoms with Crippen LogP contribution in [-0.4, -0.2) is 44.9 Å². The maximum Gasteiger partial charge on any atom is 0.244 e. The van der Waals surface area contributed by atoms with Gasteiger partial charge in [0.2, 0.25) is 10.0 Å². The van der Waals surface area contributed by atoms with Crippen LogP contribution in [0.4, 0.5) is 0 Å². The van der Waals surface area contributed by atoms with E-state index in [1.807, 2.05) is 0 Å². The van der Waals surface area contributed by atoms with Crippen molar-refractivity contribution in [3.8, 4) is 0 Å². The minimum atomic E-state index is -3.52. The lowest BCUT2D eigenvalue weighted by molar-refractivity contribution is 0.193. The maximum absolute atomic E-state index is 12.4. The highest BCUT2D eigenvalue weighted by Crippen LogP contribution is 2.22. The molecule has 0 saturated heterocycles. The highest BCUT2D eigenvalue weighted by Gasteiger charge is 2.26. The van der Waals surface area contributed by atoms with Gasteiger partial charge in [-0.3, -0.25) is 5.10 Å². The molecule has 1 saturated carbocycles. The molecular formula is C13H24N4O3S. The molecule has 0 bridgehead atoms. The Hall–Kier alpha value is -0.960. The predicted octanol–water partition coefficient (Wildman–Crippen LogP) is 0.675.